The summed E-state index contributed by atoms with van der Waals surface area (Å²) in [5.74, 6) is 1.62. The Balaban J connectivity index is 1.31. The molecule has 0 saturated carbocycles. The second-order valence-corrected chi connectivity index (χ2v) is 10.2. The molecule has 2 aliphatic heterocycles. The van der Waals surface area contributed by atoms with Crippen LogP contribution in [-0.4, -0.2) is 70.6 Å². The van der Waals surface area contributed by atoms with E-state index in [4.69, 9.17) is 11.5 Å². The van der Waals surface area contributed by atoms with Crippen LogP contribution in [0.25, 0.3) is 0 Å². The number of aryl methyl sites for hydroxylation is 2. The van der Waals surface area contributed by atoms with Gasteiger partial charge in [0.15, 0.2) is 0 Å². The van der Waals surface area contributed by atoms with Gasteiger partial charge in [-0.15, -0.1) is 11.3 Å². The molecular weight excluding hydrogens is 392 g/mol. The Labute approximate surface area is 185 Å². The number of nitrogens with zero attached hydrogens (tertiary/aromatic N) is 3. The summed E-state index contributed by atoms with van der Waals surface area (Å²) >= 11 is 1.87. The molecule has 0 aromatic carbocycles. The lowest BCUT2D eigenvalue weighted by Gasteiger charge is -2.48. The molecule has 4 atom stereocenters. The first-order chi connectivity index (χ1) is 14.7. The van der Waals surface area contributed by atoms with Gasteiger partial charge in [-0.2, -0.15) is 0 Å². The van der Waals surface area contributed by atoms with E-state index in [0.717, 1.165) is 70.7 Å². The first-order valence-corrected chi connectivity index (χ1v) is 12.5. The Morgan fingerprint density at radius 2 is 2.03 bits per heavy atom. The Hall–Kier alpha value is -1.25. The molecule has 2 saturated heterocycles. The van der Waals surface area contributed by atoms with Crippen molar-refractivity contribution >= 4 is 11.3 Å². The summed E-state index contributed by atoms with van der Waals surface area (Å²) in [6.07, 6.45) is 11.6. The van der Waals surface area contributed by atoms with Crippen molar-refractivity contribution in [3.05, 3.63) is 40.6 Å². The van der Waals surface area contributed by atoms with Crippen molar-refractivity contribution in [2.45, 2.75) is 63.1 Å². The smallest absolute Gasteiger partial charge is 0.106 e. The summed E-state index contributed by atoms with van der Waals surface area (Å²) in [6, 6.07) is 5.56. The van der Waals surface area contributed by atoms with Crippen LogP contribution in [0, 0.1) is 5.92 Å². The van der Waals surface area contributed by atoms with E-state index in [9.17, 15) is 0 Å². The highest BCUT2D eigenvalue weighted by Crippen LogP contribution is 2.29. The summed E-state index contributed by atoms with van der Waals surface area (Å²) in [5, 5.41) is 2.18. The van der Waals surface area contributed by atoms with E-state index >= 15 is 0 Å². The number of piperidine rings is 2. The van der Waals surface area contributed by atoms with Gasteiger partial charge in [0, 0.05) is 54.3 Å². The van der Waals surface area contributed by atoms with E-state index in [0.29, 0.717) is 24.0 Å². The molecule has 4 unspecified atom stereocenters. The van der Waals surface area contributed by atoms with Crippen molar-refractivity contribution in [3.63, 3.8) is 0 Å². The summed E-state index contributed by atoms with van der Waals surface area (Å²) in [6.45, 7) is 5.64. The van der Waals surface area contributed by atoms with Crippen molar-refractivity contribution < 1.29 is 0 Å². The Bertz CT molecular complexity index is 718. The fraction of sp³-hybridized carbons (Fsp3) is 0.696. The van der Waals surface area contributed by atoms with Crippen LogP contribution < -0.4 is 11.5 Å². The maximum Gasteiger partial charge on any atom is 0.106 e. The van der Waals surface area contributed by atoms with Crippen LogP contribution in [-0.2, 0) is 12.8 Å². The zero-order valence-corrected chi connectivity index (χ0v) is 18.9. The van der Waals surface area contributed by atoms with E-state index in [2.05, 4.69) is 37.3 Å². The van der Waals surface area contributed by atoms with E-state index < -0.39 is 0 Å². The van der Waals surface area contributed by atoms with Crippen LogP contribution in [0.4, 0.5) is 0 Å². The predicted octanol–water partition coefficient (Wildman–Crippen LogP) is 2.48. The van der Waals surface area contributed by atoms with Gasteiger partial charge in [-0.25, -0.2) is 4.98 Å². The van der Waals surface area contributed by atoms with E-state index in [1.165, 1.54) is 17.7 Å². The minimum atomic E-state index is 0.293. The van der Waals surface area contributed by atoms with Crippen LogP contribution in [0.1, 0.15) is 42.8 Å². The third kappa shape index (κ3) is 5.92. The number of aromatic amines is 1. The lowest BCUT2D eigenvalue weighted by Crippen LogP contribution is -2.59. The molecule has 4 rings (SSSR count). The molecule has 0 amide bonds. The largest absolute Gasteiger partial charge is 0.349 e. The highest BCUT2D eigenvalue weighted by atomic mass is 32.1. The lowest BCUT2D eigenvalue weighted by atomic mass is 9.80. The fourth-order valence-corrected chi connectivity index (χ4v) is 6.05. The van der Waals surface area contributed by atoms with Crippen LogP contribution in [0.3, 0.4) is 0 Å². The molecule has 0 spiro atoms. The van der Waals surface area contributed by atoms with Gasteiger partial charge in [0.05, 0.1) is 0 Å². The van der Waals surface area contributed by atoms with E-state index in [-0.39, 0.29) is 0 Å². The number of imidazole rings is 1. The molecule has 7 heteroatoms. The second-order valence-electron chi connectivity index (χ2n) is 9.13. The Kier molecular flexibility index (Phi) is 7.95. The second kappa shape index (κ2) is 10.9. The third-order valence-corrected chi connectivity index (χ3v) is 7.92. The molecule has 2 aliphatic rings. The number of rotatable bonds is 9. The van der Waals surface area contributed by atoms with Crippen LogP contribution in [0.5, 0.6) is 0 Å². The predicted molar refractivity (Wildman–Crippen MR) is 125 cm³/mol. The van der Waals surface area contributed by atoms with Crippen molar-refractivity contribution in [1.29, 1.82) is 0 Å². The van der Waals surface area contributed by atoms with Gasteiger partial charge >= 0.3 is 0 Å². The molecule has 2 aromatic heterocycles. The van der Waals surface area contributed by atoms with Gasteiger partial charge < -0.3 is 21.4 Å². The molecule has 2 fully saturated rings. The standard InChI is InChI=1S/C23H38N6S/c24-18-7-14-29(12-1-4-19-5-3-15-30-19)22(16-18)20-17-28(13-8-21(20)25)11-2-6-23-26-9-10-27-23/h3,5,9-10,15,18,20-22H,1-2,4,6-8,11-14,16-17,24-25H2,(H,26,27). The average Bonchev–Trinajstić information content (AvgIpc) is 3.45. The van der Waals surface area contributed by atoms with Crippen LogP contribution in [0.15, 0.2) is 29.9 Å². The number of nitrogens with one attached hydrogen (secondary N) is 1. The molecule has 4 heterocycles. The molecular formula is C23H38N6S. The van der Waals surface area contributed by atoms with Crippen LogP contribution >= 0.6 is 11.3 Å². The van der Waals surface area contributed by atoms with Crippen LogP contribution in [0.2, 0.25) is 0 Å². The summed E-state index contributed by atoms with van der Waals surface area (Å²) in [5.41, 5.74) is 13.1. The van der Waals surface area contributed by atoms with Gasteiger partial charge in [-0.3, -0.25) is 4.90 Å². The minimum Gasteiger partial charge on any atom is -0.349 e. The average molecular weight is 431 g/mol. The normalized spacial score (nSPS) is 28.7. The topological polar surface area (TPSA) is 87.2 Å². The zero-order chi connectivity index (χ0) is 20.8. The van der Waals surface area contributed by atoms with E-state index in [1.807, 2.05) is 23.7 Å². The van der Waals surface area contributed by atoms with E-state index in [1.54, 1.807) is 0 Å². The maximum absolute atomic E-state index is 6.68. The molecule has 30 heavy (non-hydrogen) atoms. The van der Waals surface area contributed by atoms with Gasteiger partial charge in [-0.1, -0.05) is 6.07 Å². The number of H-pyrrole nitrogens is 1. The molecule has 0 radical (unpaired) electrons. The number of aromatic nitrogens is 2. The Morgan fingerprint density at radius 1 is 1.13 bits per heavy atom. The first-order valence-electron chi connectivity index (χ1n) is 11.7. The number of thiophene rings is 1. The van der Waals surface area contributed by atoms with Crippen molar-refractivity contribution in [2.75, 3.05) is 32.7 Å². The molecule has 0 bridgehead atoms. The number of hydrogen-bond donors (Lipinski definition) is 3. The highest BCUT2D eigenvalue weighted by Gasteiger charge is 2.38. The number of nitrogens with two attached hydrogens (primary N) is 2. The first kappa shape index (κ1) is 22.0. The minimum absolute atomic E-state index is 0.293. The maximum atomic E-state index is 6.68. The van der Waals surface area contributed by atoms with Crippen molar-refractivity contribution in [2.24, 2.45) is 17.4 Å². The molecule has 2 aromatic rings. The van der Waals surface area contributed by atoms with Crippen molar-refractivity contribution in [1.82, 2.24) is 19.8 Å². The van der Waals surface area contributed by atoms with Gasteiger partial charge in [0.2, 0.25) is 0 Å². The molecule has 6 nitrogen and oxygen atoms in total. The molecule has 0 aliphatic carbocycles. The SMILES string of the molecule is NC1CCN(CCCc2cccs2)C(C2CN(CCCc3ncc[nH]3)CCC2N)C1. The third-order valence-electron chi connectivity index (χ3n) is 6.98. The summed E-state index contributed by atoms with van der Waals surface area (Å²) in [7, 11) is 0. The lowest BCUT2D eigenvalue weighted by molar-refractivity contribution is 0.0354. The monoisotopic (exact) mass is 430 g/mol. The summed E-state index contributed by atoms with van der Waals surface area (Å²) in [4.78, 5) is 14.4. The quantitative estimate of drug-likeness (QED) is 0.569. The van der Waals surface area contributed by atoms with Gasteiger partial charge in [0.25, 0.3) is 0 Å². The number of hydrogen-bond acceptors (Lipinski definition) is 6. The summed E-state index contributed by atoms with van der Waals surface area (Å²) < 4.78 is 0. The number of likely N-dealkylation sites (tertiary alicyclic amines) is 2. The van der Waals surface area contributed by atoms with Gasteiger partial charge in [0.1, 0.15) is 5.82 Å². The fourth-order valence-electron chi connectivity index (χ4n) is 5.29. The zero-order valence-electron chi connectivity index (χ0n) is 18.1. The molecule has 166 valence electrons. The highest BCUT2D eigenvalue weighted by molar-refractivity contribution is 7.09. The van der Waals surface area contributed by atoms with Gasteiger partial charge in [-0.05, 0) is 76.2 Å². The molecule has 5 N–H and O–H groups in total. The Morgan fingerprint density at radius 3 is 2.83 bits per heavy atom. The van der Waals surface area contributed by atoms with Crippen molar-refractivity contribution in [3.8, 4) is 0 Å².